The molecule has 2 aromatic carbocycles. The van der Waals surface area contributed by atoms with Gasteiger partial charge in [0, 0.05) is 67.9 Å². The smallest absolute Gasteiger partial charge is 0.303 e. The van der Waals surface area contributed by atoms with Crippen molar-refractivity contribution in [2.24, 2.45) is 0 Å². The van der Waals surface area contributed by atoms with Crippen molar-refractivity contribution >= 4 is 39.0 Å². The van der Waals surface area contributed by atoms with Gasteiger partial charge in [0.15, 0.2) is 0 Å². The van der Waals surface area contributed by atoms with Gasteiger partial charge in [-0.1, -0.05) is 49.6 Å². The molecule has 6 rings (SSSR count). The van der Waals surface area contributed by atoms with Crippen molar-refractivity contribution in [1.82, 2.24) is 23.8 Å². The molecule has 1 aromatic heterocycles. The maximum absolute atomic E-state index is 13.8. The van der Waals surface area contributed by atoms with E-state index in [2.05, 4.69) is 45.5 Å². The molecule has 46 heavy (non-hydrogen) atoms. The molecule has 1 saturated carbocycles. The van der Waals surface area contributed by atoms with Gasteiger partial charge < -0.3 is 14.6 Å². The molecule has 3 aliphatic rings. The lowest BCUT2D eigenvalue weighted by Crippen LogP contribution is -2.48. The highest BCUT2D eigenvalue weighted by molar-refractivity contribution is 7.87. The molecule has 0 spiro atoms. The topological polar surface area (TPSA) is 113 Å². The van der Waals surface area contributed by atoms with Crippen LogP contribution in [-0.4, -0.2) is 86.5 Å². The van der Waals surface area contributed by atoms with Crippen LogP contribution in [0.5, 0.6) is 0 Å². The Hall–Kier alpha value is -3.51. The number of rotatable bonds is 8. The third-order valence-corrected chi connectivity index (χ3v) is 10.9. The number of amides is 2. The van der Waals surface area contributed by atoms with Gasteiger partial charge in [-0.25, -0.2) is 4.72 Å². The molecule has 3 heterocycles. The van der Waals surface area contributed by atoms with Gasteiger partial charge in [-0.2, -0.15) is 12.7 Å². The average molecular weight is 648 g/mol. The number of carbonyl (C=O) groups is 2. The lowest BCUT2D eigenvalue weighted by molar-refractivity contribution is -0.117. The van der Waals surface area contributed by atoms with E-state index in [-0.39, 0.29) is 23.7 Å². The van der Waals surface area contributed by atoms with Gasteiger partial charge in [-0.15, -0.1) is 0 Å². The molecule has 10 nitrogen and oxygen atoms in total. The van der Waals surface area contributed by atoms with Gasteiger partial charge in [0.05, 0.1) is 24.4 Å². The molecule has 2 fully saturated rings. The highest BCUT2D eigenvalue weighted by Gasteiger charge is 2.31. The summed E-state index contributed by atoms with van der Waals surface area (Å²) in [5.74, 6) is -0.466. The van der Waals surface area contributed by atoms with Gasteiger partial charge in [0.1, 0.15) is 0 Å². The predicted molar refractivity (Wildman–Crippen MR) is 181 cm³/mol. The zero-order valence-electron chi connectivity index (χ0n) is 27.2. The first-order valence-corrected chi connectivity index (χ1v) is 17.8. The van der Waals surface area contributed by atoms with Crippen LogP contribution in [-0.2, 0) is 26.3 Å². The van der Waals surface area contributed by atoms with Crippen molar-refractivity contribution < 1.29 is 22.7 Å². The summed E-state index contributed by atoms with van der Waals surface area (Å²) in [5.41, 5.74) is 6.06. The molecule has 0 radical (unpaired) electrons. The first kappa shape index (κ1) is 32.4. The third kappa shape index (κ3) is 6.64. The number of hydrogen-bond acceptors (Lipinski definition) is 6. The van der Waals surface area contributed by atoms with Crippen LogP contribution in [0.4, 0.5) is 0 Å². The molecular formula is C35H45N5O5S. The minimum Gasteiger partial charge on any atom is -0.373 e. The Morgan fingerprint density at radius 1 is 0.978 bits per heavy atom. The fourth-order valence-electron chi connectivity index (χ4n) is 7.33. The summed E-state index contributed by atoms with van der Waals surface area (Å²) in [4.78, 5) is 29.3. The number of morpholine rings is 1. The summed E-state index contributed by atoms with van der Waals surface area (Å²) >= 11 is 0. The zero-order valence-corrected chi connectivity index (χ0v) is 28.0. The summed E-state index contributed by atoms with van der Waals surface area (Å²) in [6.45, 7) is 7.42. The van der Waals surface area contributed by atoms with E-state index < -0.39 is 16.1 Å². The minimum absolute atomic E-state index is 0.121. The zero-order chi connectivity index (χ0) is 32.6. The standard InChI is InChI=1S/C35H45N5O5S/c1-23-20-39(21-24(2)45-23)17-16-36-34(41)28-18-26-12-8-9-13-29(26)33-32(25-10-6-5-7-11-25)30-15-14-27(19-31(30)40(33)22-28)35(42)37-46(43,44)38(3)4/h8-9,12-15,18-19,23-25H,5-7,10-11,16-17,20-22H2,1-4H3,(H,36,41)(H,37,42)/t23-,24+. The van der Waals surface area contributed by atoms with Crippen LogP contribution in [0.15, 0.2) is 48.0 Å². The molecule has 246 valence electrons. The van der Waals surface area contributed by atoms with Crippen LogP contribution in [0.25, 0.3) is 28.2 Å². The second-order valence-corrected chi connectivity index (χ2v) is 15.0. The second-order valence-electron chi connectivity index (χ2n) is 13.2. The van der Waals surface area contributed by atoms with Crippen molar-refractivity contribution in [1.29, 1.82) is 0 Å². The van der Waals surface area contributed by atoms with E-state index >= 15 is 0 Å². The minimum atomic E-state index is -3.96. The van der Waals surface area contributed by atoms with Gasteiger partial charge in [-0.05, 0) is 61.9 Å². The second kappa shape index (κ2) is 13.3. The van der Waals surface area contributed by atoms with Crippen LogP contribution < -0.4 is 10.0 Å². The maximum atomic E-state index is 13.8. The van der Waals surface area contributed by atoms with E-state index in [0.717, 1.165) is 77.3 Å². The van der Waals surface area contributed by atoms with Gasteiger partial charge >= 0.3 is 10.2 Å². The maximum Gasteiger partial charge on any atom is 0.303 e. The van der Waals surface area contributed by atoms with Crippen molar-refractivity contribution in [2.45, 2.75) is 70.6 Å². The number of carbonyl (C=O) groups excluding carboxylic acids is 2. The first-order valence-electron chi connectivity index (χ1n) is 16.4. The fraction of sp³-hybridized carbons (Fsp3) is 0.486. The number of aromatic nitrogens is 1. The molecule has 11 heteroatoms. The molecule has 2 aliphatic heterocycles. The molecule has 2 N–H and O–H groups in total. The fourth-order valence-corrected chi connectivity index (χ4v) is 7.87. The quantitative estimate of drug-likeness (QED) is 0.372. The Kier molecular flexibility index (Phi) is 9.38. The van der Waals surface area contributed by atoms with Crippen molar-refractivity contribution in [2.75, 3.05) is 40.3 Å². The number of benzene rings is 2. The van der Waals surface area contributed by atoms with E-state index in [1.165, 1.54) is 26.1 Å². The van der Waals surface area contributed by atoms with E-state index in [4.69, 9.17) is 4.74 Å². The Morgan fingerprint density at radius 3 is 2.41 bits per heavy atom. The van der Waals surface area contributed by atoms with E-state index in [9.17, 15) is 18.0 Å². The number of hydrogen-bond donors (Lipinski definition) is 2. The van der Waals surface area contributed by atoms with E-state index in [0.29, 0.717) is 24.6 Å². The van der Waals surface area contributed by atoms with E-state index in [1.54, 1.807) is 12.1 Å². The highest BCUT2D eigenvalue weighted by atomic mass is 32.2. The third-order valence-electron chi connectivity index (χ3n) is 9.46. The number of nitrogens with one attached hydrogen (secondary N) is 2. The summed E-state index contributed by atoms with van der Waals surface area (Å²) < 4.78 is 36.1. The molecule has 1 saturated heterocycles. The predicted octanol–water partition coefficient (Wildman–Crippen LogP) is 4.51. The number of fused-ring (bicyclic) bond motifs is 5. The summed E-state index contributed by atoms with van der Waals surface area (Å²) in [6, 6.07) is 13.6. The van der Waals surface area contributed by atoms with Gasteiger partial charge in [-0.3, -0.25) is 14.5 Å². The Labute approximate surface area is 271 Å². The van der Waals surface area contributed by atoms with Gasteiger partial charge in [0.2, 0.25) is 5.91 Å². The number of ether oxygens (including phenoxy) is 1. The van der Waals surface area contributed by atoms with Crippen LogP contribution in [0.1, 0.15) is 73.4 Å². The Balaban J connectivity index is 1.39. The first-order chi connectivity index (χ1) is 22.0. The monoisotopic (exact) mass is 647 g/mol. The number of nitrogens with zero attached hydrogens (tertiary/aromatic N) is 3. The van der Waals surface area contributed by atoms with Crippen molar-refractivity contribution in [3.8, 4) is 11.3 Å². The summed E-state index contributed by atoms with van der Waals surface area (Å²) in [5, 5.41) is 4.21. The largest absolute Gasteiger partial charge is 0.373 e. The molecule has 1 aliphatic carbocycles. The summed E-state index contributed by atoms with van der Waals surface area (Å²) in [7, 11) is -1.21. The molecule has 0 bridgehead atoms. The average Bonchev–Trinajstić information content (AvgIpc) is 3.22. The van der Waals surface area contributed by atoms with Crippen LogP contribution >= 0.6 is 0 Å². The molecule has 2 amide bonds. The molecule has 2 atom stereocenters. The van der Waals surface area contributed by atoms with Crippen molar-refractivity contribution in [3.05, 3.63) is 64.7 Å². The van der Waals surface area contributed by atoms with Crippen molar-refractivity contribution in [3.63, 3.8) is 0 Å². The van der Waals surface area contributed by atoms with Crippen LogP contribution in [0.2, 0.25) is 0 Å². The van der Waals surface area contributed by atoms with E-state index in [1.807, 2.05) is 24.3 Å². The Bertz CT molecular complexity index is 1760. The molecule has 0 unspecified atom stereocenters. The SMILES string of the molecule is C[C@@H]1CN(CCNC(=O)C2=Cc3ccccc3-c3c(C4CCCCC4)c4ccc(C(=O)NS(=O)(=O)N(C)C)cc4n3C2)C[C@H](C)O1. The Morgan fingerprint density at radius 2 is 1.70 bits per heavy atom. The lowest BCUT2D eigenvalue weighted by Gasteiger charge is -2.35. The lowest BCUT2D eigenvalue weighted by atomic mass is 9.81. The normalized spacial score (nSPS) is 20.9. The van der Waals surface area contributed by atoms with Crippen LogP contribution in [0.3, 0.4) is 0 Å². The molecule has 3 aromatic rings. The highest BCUT2D eigenvalue weighted by Crippen LogP contribution is 2.46. The molecular weight excluding hydrogens is 602 g/mol. The van der Waals surface area contributed by atoms with Gasteiger partial charge in [0.25, 0.3) is 5.91 Å². The van der Waals surface area contributed by atoms with Crippen LogP contribution in [0, 0.1) is 0 Å². The summed E-state index contributed by atoms with van der Waals surface area (Å²) in [6.07, 6.45) is 8.02.